The molecule has 0 bridgehead atoms. The van der Waals surface area contributed by atoms with Crippen LogP contribution >= 0.6 is 11.3 Å². The Bertz CT molecular complexity index is 503. The molecule has 2 fully saturated rings. The molecular weight excluding hydrogens is 252 g/mol. The zero-order valence-electron chi connectivity index (χ0n) is 9.81. The fraction of sp³-hybridized carbons (Fsp3) is 0.583. The van der Waals surface area contributed by atoms with E-state index in [0.717, 1.165) is 23.8 Å². The van der Waals surface area contributed by atoms with Crippen molar-refractivity contribution in [1.29, 1.82) is 0 Å². The standard InChI is InChI=1S/C12H14N2O3S/c15-9(8-5-13-10(18-8)11(16)17)14-6-12(3-4-12)7-1-2-7/h5,7H,1-4,6H2,(H,14,15)(H,16,17). The largest absolute Gasteiger partial charge is 0.476 e. The molecule has 2 aliphatic carbocycles. The van der Waals surface area contributed by atoms with Crippen molar-refractivity contribution in [2.24, 2.45) is 11.3 Å². The second kappa shape index (κ2) is 4.05. The van der Waals surface area contributed by atoms with E-state index in [4.69, 9.17) is 5.11 Å². The van der Waals surface area contributed by atoms with Crippen LogP contribution in [0.15, 0.2) is 6.20 Å². The Kier molecular flexibility index (Phi) is 2.62. The summed E-state index contributed by atoms with van der Waals surface area (Å²) >= 11 is 0.921. The van der Waals surface area contributed by atoms with Crippen LogP contribution in [0.5, 0.6) is 0 Å². The number of amides is 1. The molecule has 0 aliphatic heterocycles. The number of carbonyl (C=O) groups excluding carboxylic acids is 1. The zero-order valence-corrected chi connectivity index (χ0v) is 10.6. The van der Waals surface area contributed by atoms with Crippen LogP contribution in [-0.2, 0) is 0 Å². The molecule has 0 radical (unpaired) electrons. The van der Waals surface area contributed by atoms with Crippen LogP contribution in [0.4, 0.5) is 0 Å². The normalized spacial score (nSPS) is 20.4. The number of carbonyl (C=O) groups is 2. The number of carboxylic acids is 1. The highest BCUT2D eigenvalue weighted by molar-refractivity contribution is 7.15. The molecule has 1 aromatic heterocycles. The van der Waals surface area contributed by atoms with Gasteiger partial charge in [0.2, 0.25) is 5.01 Å². The van der Waals surface area contributed by atoms with E-state index >= 15 is 0 Å². The summed E-state index contributed by atoms with van der Waals surface area (Å²) in [7, 11) is 0. The molecule has 3 rings (SSSR count). The number of hydrogen-bond donors (Lipinski definition) is 2. The fourth-order valence-corrected chi connectivity index (χ4v) is 3.08. The molecule has 0 atom stereocenters. The number of aromatic nitrogens is 1. The first-order valence-corrected chi connectivity index (χ1v) is 6.90. The molecule has 18 heavy (non-hydrogen) atoms. The van der Waals surface area contributed by atoms with E-state index in [2.05, 4.69) is 10.3 Å². The Hall–Kier alpha value is -1.43. The topological polar surface area (TPSA) is 79.3 Å². The number of hydrogen-bond acceptors (Lipinski definition) is 4. The lowest BCUT2D eigenvalue weighted by molar-refractivity contribution is 0.0696. The molecule has 6 heteroatoms. The third-order valence-corrected chi connectivity index (χ3v) is 4.83. The maximum atomic E-state index is 11.9. The minimum atomic E-state index is -1.09. The molecule has 0 spiro atoms. The van der Waals surface area contributed by atoms with E-state index in [-0.39, 0.29) is 10.9 Å². The molecule has 0 saturated heterocycles. The predicted molar refractivity (Wildman–Crippen MR) is 65.8 cm³/mol. The van der Waals surface area contributed by atoms with Crippen molar-refractivity contribution in [1.82, 2.24) is 10.3 Å². The maximum absolute atomic E-state index is 11.9. The van der Waals surface area contributed by atoms with Gasteiger partial charge in [-0.05, 0) is 37.0 Å². The molecule has 2 aliphatic rings. The Balaban J connectivity index is 1.59. The lowest BCUT2D eigenvalue weighted by atomic mass is 10.0. The van der Waals surface area contributed by atoms with Crippen molar-refractivity contribution in [2.45, 2.75) is 25.7 Å². The van der Waals surface area contributed by atoms with Crippen molar-refractivity contribution in [3.05, 3.63) is 16.1 Å². The zero-order chi connectivity index (χ0) is 12.8. The molecule has 0 unspecified atom stereocenters. The third-order valence-electron chi connectivity index (χ3n) is 3.85. The average Bonchev–Trinajstić information content (AvgIpc) is 3.23. The lowest BCUT2D eigenvalue weighted by Gasteiger charge is -2.14. The highest BCUT2D eigenvalue weighted by Gasteiger charge is 2.53. The Morgan fingerprint density at radius 1 is 1.50 bits per heavy atom. The molecule has 1 amide bonds. The monoisotopic (exact) mass is 266 g/mol. The SMILES string of the molecule is O=C(NCC1(C2CC2)CC1)c1cnc(C(=O)O)s1. The number of carboxylic acid groups (broad SMARTS) is 1. The van der Waals surface area contributed by atoms with Gasteiger partial charge in [0.1, 0.15) is 4.88 Å². The Morgan fingerprint density at radius 3 is 2.72 bits per heavy atom. The summed E-state index contributed by atoms with van der Waals surface area (Å²) in [4.78, 5) is 26.6. The average molecular weight is 266 g/mol. The lowest BCUT2D eigenvalue weighted by Crippen LogP contribution is -2.30. The molecule has 2 saturated carbocycles. The molecule has 2 N–H and O–H groups in total. The molecule has 96 valence electrons. The summed E-state index contributed by atoms with van der Waals surface area (Å²) in [5.41, 5.74) is 0.357. The van der Waals surface area contributed by atoms with E-state index in [1.807, 2.05) is 0 Å². The van der Waals surface area contributed by atoms with Gasteiger partial charge in [-0.25, -0.2) is 9.78 Å². The summed E-state index contributed by atoms with van der Waals surface area (Å²) < 4.78 is 0. The van der Waals surface area contributed by atoms with Crippen LogP contribution in [-0.4, -0.2) is 28.5 Å². The van der Waals surface area contributed by atoms with E-state index in [0.29, 0.717) is 10.3 Å². The van der Waals surface area contributed by atoms with Crippen molar-refractivity contribution in [2.75, 3.05) is 6.54 Å². The smallest absolute Gasteiger partial charge is 0.365 e. The van der Waals surface area contributed by atoms with Gasteiger partial charge in [-0.3, -0.25) is 4.79 Å². The van der Waals surface area contributed by atoms with Gasteiger partial charge >= 0.3 is 5.97 Å². The molecule has 1 heterocycles. The summed E-state index contributed by atoms with van der Waals surface area (Å²) in [6, 6.07) is 0. The number of nitrogens with zero attached hydrogens (tertiary/aromatic N) is 1. The highest BCUT2D eigenvalue weighted by Crippen LogP contribution is 2.60. The number of rotatable bonds is 5. The molecule has 0 aromatic carbocycles. The van der Waals surface area contributed by atoms with Gasteiger partial charge < -0.3 is 10.4 Å². The molecule has 1 aromatic rings. The first kappa shape index (κ1) is 11.6. The second-order valence-electron chi connectivity index (χ2n) is 5.15. The summed E-state index contributed by atoms with van der Waals surface area (Å²) in [6.07, 6.45) is 6.33. The van der Waals surface area contributed by atoms with Crippen LogP contribution in [0.1, 0.15) is 45.2 Å². The van der Waals surface area contributed by atoms with Crippen LogP contribution in [0.3, 0.4) is 0 Å². The minimum Gasteiger partial charge on any atom is -0.476 e. The summed E-state index contributed by atoms with van der Waals surface area (Å²) in [5, 5.41) is 11.6. The van der Waals surface area contributed by atoms with Gasteiger partial charge in [0, 0.05) is 6.54 Å². The Morgan fingerprint density at radius 2 is 2.22 bits per heavy atom. The minimum absolute atomic E-state index is 0.0384. The molecular formula is C12H14N2O3S. The van der Waals surface area contributed by atoms with E-state index in [1.54, 1.807) is 0 Å². The number of thiazole rings is 1. The van der Waals surface area contributed by atoms with Crippen molar-refractivity contribution in [3.63, 3.8) is 0 Å². The van der Waals surface area contributed by atoms with Gasteiger partial charge in [0.05, 0.1) is 6.20 Å². The van der Waals surface area contributed by atoms with Crippen LogP contribution in [0, 0.1) is 11.3 Å². The van der Waals surface area contributed by atoms with Crippen LogP contribution < -0.4 is 5.32 Å². The molecule has 5 nitrogen and oxygen atoms in total. The van der Waals surface area contributed by atoms with Gasteiger partial charge in [0.15, 0.2) is 0 Å². The maximum Gasteiger partial charge on any atom is 0.365 e. The van der Waals surface area contributed by atoms with Crippen LogP contribution in [0.25, 0.3) is 0 Å². The highest BCUT2D eigenvalue weighted by atomic mass is 32.1. The summed E-state index contributed by atoms with van der Waals surface area (Å²) in [6.45, 7) is 0.719. The van der Waals surface area contributed by atoms with Gasteiger partial charge in [-0.2, -0.15) is 0 Å². The predicted octanol–water partition coefficient (Wildman–Crippen LogP) is 1.76. The number of nitrogens with one attached hydrogen (secondary N) is 1. The van der Waals surface area contributed by atoms with Crippen LogP contribution in [0.2, 0.25) is 0 Å². The first-order valence-electron chi connectivity index (χ1n) is 6.08. The van der Waals surface area contributed by atoms with Gasteiger partial charge in [-0.15, -0.1) is 11.3 Å². The Labute approximate surface area is 108 Å². The second-order valence-corrected chi connectivity index (χ2v) is 6.18. The fourth-order valence-electron chi connectivity index (χ4n) is 2.41. The van der Waals surface area contributed by atoms with E-state index in [9.17, 15) is 9.59 Å². The first-order chi connectivity index (χ1) is 8.61. The quantitative estimate of drug-likeness (QED) is 0.851. The van der Waals surface area contributed by atoms with Crippen molar-refractivity contribution >= 4 is 23.2 Å². The number of aromatic carboxylic acids is 1. The third kappa shape index (κ3) is 2.12. The van der Waals surface area contributed by atoms with Gasteiger partial charge in [0.25, 0.3) is 5.91 Å². The summed E-state index contributed by atoms with van der Waals surface area (Å²) in [5.74, 6) is -0.489. The van der Waals surface area contributed by atoms with E-state index in [1.165, 1.54) is 31.9 Å². The van der Waals surface area contributed by atoms with Crippen molar-refractivity contribution < 1.29 is 14.7 Å². The van der Waals surface area contributed by atoms with Gasteiger partial charge in [-0.1, -0.05) is 0 Å². The van der Waals surface area contributed by atoms with E-state index < -0.39 is 5.97 Å². The van der Waals surface area contributed by atoms with Crippen molar-refractivity contribution in [3.8, 4) is 0 Å².